The Hall–Kier alpha value is -2.27. The normalized spacial score (nSPS) is 12.7. The van der Waals surface area contributed by atoms with Gasteiger partial charge >= 0.3 is 5.97 Å². The quantitative estimate of drug-likeness (QED) is 0.759. The summed E-state index contributed by atoms with van der Waals surface area (Å²) in [5.74, 6) is 1.07. The van der Waals surface area contributed by atoms with Crippen LogP contribution in [-0.4, -0.2) is 19.7 Å². The lowest BCUT2D eigenvalue weighted by Crippen LogP contribution is -2.17. The second-order valence-electron chi connectivity index (χ2n) is 5.03. The standard InChI is InChI=1S/C18H15BrO4/c1-21-16-7-6-15(19)9-13(16)10-23-18(20)14-8-12-4-2-3-5-17(12)22-11-14/h2-9H,10-11H2,1H3. The summed E-state index contributed by atoms with van der Waals surface area (Å²) in [5, 5.41) is 0. The van der Waals surface area contributed by atoms with Crippen molar-refractivity contribution in [2.45, 2.75) is 6.61 Å². The van der Waals surface area contributed by atoms with Gasteiger partial charge in [-0.1, -0.05) is 34.1 Å². The van der Waals surface area contributed by atoms with Gasteiger partial charge < -0.3 is 14.2 Å². The number of para-hydroxylation sites is 1. The Labute approximate surface area is 142 Å². The third-order valence-electron chi connectivity index (χ3n) is 3.50. The number of halogens is 1. The zero-order chi connectivity index (χ0) is 16.2. The fraction of sp³-hybridized carbons (Fsp3) is 0.167. The van der Waals surface area contributed by atoms with Gasteiger partial charge in [-0.3, -0.25) is 0 Å². The Morgan fingerprint density at radius 2 is 2.09 bits per heavy atom. The highest BCUT2D eigenvalue weighted by Gasteiger charge is 2.18. The highest BCUT2D eigenvalue weighted by Crippen LogP contribution is 2.27. The summed E-state index contributed by atoms with van der Waals surface area (Å²) >= 11 is 3.40. The lowest BCUT2D eigenvalue weighted by molar-refractivity contribution is -0.140. The number of benzene rings is 2. The summed E-state index contributed by atoms with van der Waals surface area (Å²) in [6.45, 7) is 0.353. The van der Waals surface area contributed by atoms with Crippen LogP contribution in [-0.2, 0) is 16.1 Å². The van der Waals surface area contributed by atoms with Crippen LogP contribution >= 0.6 is 15.9 Å². The second-order valence-corrected chi connectivity index (χ2v) is 5.94. The van der Waals surface area contributed by atoms with Crippen LogP contribution in [0.15, 0.2) is 52.5 Å². The van der Waals surface area contributed by atoms with E-state index in [9.17, 15) is 4.79 Å². The molecule has 1 heterocycles. The first-order valence-corrected chi connectivity index (χ1v) is 7.88. The van der Waals surface area contributed by atoms with Gasteiger partial charge in [0.25, 0.3) is 0 Å². The van der Waals surface area contributed by atoms with Crippen molar-refractivity contribution in [1.82, 2.24) is 0 Å². The van der Waals surface area contributed by atoms with E-state index >= 15 is 0 Å². The lowest BCUT2D eigenvalue weighted by atomic mass is 10.1. The highest BCUT2D eigenvalue weighted by molar-refractivity contribution is 9.10. The Bertz CT molecular complexity index is 767. The number of carbonyl (C=O) groups is 1. The van der Waals surface area contributed by atoms with E-state index in [2.05, 4.69) is 15.9 Å². The molecule has 0 aliphatic carbocycles. The van der Waals surface area contributed by atoms with E-state index in [-0.39, 0.29) is 19.2 Å². The zero-order valence-electron chi connectivity index (χ0n) is 12.5. The van der Waals surface area contributed by atoms with E-state index in [0.29, 0.717) is 11.3 Å². The molecule has 2 aromatic rings. The average Bonchev–Trinajstić information content (AvgIpc) is 2.59. The molecule has 118 valence electrons. The Morgan fingerprint density at radius 1 is 1.26 bits per heavy atom. The minimum Gasteiger partial charge on any atom is -0.496 e. The smallest absolute Gasteiger partial charge is 0.337 e. The van der Waals surface area contributed by atoms with Gasteiger partial charge in [0, 0.05) is 15.6 Å². The first-order chi connectivity index (χ1) is 11.2. The van der Waals surface area contributed by atoms with Gasteiger partial charge in [0.15, 0.2) is 0 Å². The summed E-state index contributed by atoms with van der Waals surface area (Å²) in [5.41, 5.74) is 2.18. The summed E-state index contributed by atoms with van der Waals surface area (Å²) in [6, 6.07) is 13.1. The summed E-state index contributed by atoms with van der Waals surface area (Å²) < 4.78 is 17.1. The number of esters is 1. The van der Waals surface area contributed by atoms with Crippen molar-refractivity contribution in [2.75, 3.05) is 13.7 Å². The summed E-state index contributed by atoms with van der Waals surface area (Å²) in [4.78, 5) is 12.2. The molecule has 2 aromatic carbocycles. The van der Waals surface area contributed by atoms with E-state index in [1.165, 1.54) is 0 Å². The van der Waals surface area contributed by atoms with Crippen molar-refractivity contribution >= 4 is 28.0 Å². The number of carbonyl (C=O) groups excluding carboxylic acids is 1. The topological polar surface area (TPSA) is 44.8 Å². The molecule has 0 amide bonds. The molecule has 0 bridgehead atoms. The van der Waals surface area contributed by atoms with Crippen LogP contribution in [0, 0.1) is 0 Å². The van der Waals surface area contributed by atoms with E-state index in [0.717, 1.165) is 21.3 Å². The number of methoxy groups -OCH3 is 1. The molecule has 0 saturated heterocycles. The molecular formula is C18H15BrO4. The molecule has 0 spiro atoms. The van der Waals surface area contributed by atoms with Crippen molar-refractivity contribution in [3.63, 3.8) is 0 Å². The molecule has 0 unspecified atom stereocenters. The van der Waals surface area contributed by atoms with Gasteiger partial charge in [0.2, 0.25) is 0 Å². The molecule has 0 fully saturated rings. The maximum absolute atomic E-state index is 12.2. The lowest BCUT2D eigenvalue weighted by Gasteiger charge is -2.17. The summed E-state index contributed by atoms with van der Waals surface area (Å²) in [6.07, 6.45) is 1.80. The Balaban J connectivity index is 1.71. The van der Waals surface area contributed by atoms with Crippen molar-refractivity contribution < 1.29 is 19.0 Å². The monoisotopic (exact) mass is 374 g/mol. The fourth-order valence-corrected chi connectivity index (χ4v) is 2.74. The molecular weight excluding hydrogens is 360 g/mol. The van der Waals surface area contributed by atoms with Crippen LogP contribution in [0.4, 0.5) is 0 Å². The van der Waals surface area contributed by atoms with Crippen LogP contribution < -0.4 is 9.47 Å². The second kappa shape index (κ2) is 6.87. The molecule has 0 radical (unpaired) electrons. The van der Waals surface area contributed by atoms with Crippen molar-refractivity contribution in [1.29, 1.82) is 0 Å². The fourth-order valence-electron chi connectivity index (χ4n) is 2.33. The van der Waals surface area contributed by atoms with E-state index in [1.54, 1.807) is 13.2 Å². The van der Waals surface area contributed by atoms with E-state index < -0.39 is 0 Å². The van der Waals surface area contributed by atoms with Gasteiger partial charge in [-0.15, -0.1) is 0 Å². The van der Waals surface area contributed by atoms with E-state index in [4.69, 9.17) is 14.2 Å². The Kier molecular flexibility index (Phi) is 4.67. The van der Waals surface area contributed by atoms with Crippen molar-refractivity contribution in [3.05, 3.63) is 63.6 Å². The van der Waals surface area contributed by atoms with Gasteiger partial charge in [-0.2, -0.15) is 0 Å². The number of rotatable bonds is 4. The number of hydrogen-bond donors (Lipinski definition) is 0. The Morgan fingerprint density at radius 3 is 2.91 bits per heavy atom. The van der Waals surface area contributed by atoms with Gasteiger partial charge in [-0.05, 0) is 30.3 Å². The minimum atomic E-state index is -0.387. The number of hydrogen-bond acceptors (Lipinski definition) is 4. The molecule has 5 heteroatoms. The molecule has 1 aliphatic heterocycles. The maximum Gasteiger partial charge on any atom is 0.337 e. The SMILES string of the molecule is COc1ccc(Br)cc1COC(=O)C1=Cc2ccccc2OC1. The van der Waals surface area contributed by atoms with Crippen LogP contribution in [0.3, 0.4) is 0 Å². The van der Waals surface area contributed by atoms with Crippen LogP contribution in [0.25, 0.3) is 6.08 Å². The third kappa shape index (κ3) is 3.56. The van der Waals surface area contributed by atoms with Crippen LogP contribution in [0.1, 0.15) is 11.1 Å². The maximum atomic E-state index is 12.2. The van der Waals surface area contributed by atoms with E-state index in [1.807, 2.05) is 42.5 Å². The largest absolute Gasteiger partial charge is 0.496 e. The van der Waals surface area contributed by atoms with Crippen molar-refractivity contribution in [3.8, 4) is 11.5 Å². The number of ether oxygens (including phenoxy) is 3. The molecule has 0 saturated carbocycles. The first kappa shape index (κ1) is 15.6. The molecule has 3 rings (SSSR count). The minimum absolute atomic E-state index is 0.139. The zero-order valence-corrected chi connectivity index (χ0v) is 14.1. The predicted octanol–water partition coefficient (Wildman–Crippen LogP) is 3.98. The van der Waals surface area contributed by atoms with Gasteiger partial charge in [0.05, 0.1) is 12.7 Å². The predicted molar refractivity (Wildman–Crippen MR) is 90.4 cm³/mol. The third-order valence-corrected chi connectivity index (χ3v) is 3.99. The van der Waals surface area contributed by atoms with Crippen LogP contribution in [0.5, 0.6) is 11.5 Å². The number of fused-ring (bicyclic) bond motifs is 1. The van der Waals surface area contributed by atoms with Crippen molar-refractivity contribution in [2.24, 2.45) is 0 Å². The molecule has 0 aromatic heterocycles. The van der Waals surface area contributed by atoms with Crippen LogP contribution in [0.2, 0.25) is 0 Å². The average molecular weight is 375 g/mol. The molecule has 0 atom stereocenters. The molecule has 1 aliphatic rings. The highest BCUT2D eigenvalue weighted by atomic mass is 79.9. The van der Waals surface area contributed by atoms with Gasteiger partial charge in [0.1, 0.15) is 24.7 Å². The summed E-state index contributed by atoms with van der Waals surface area (Å²) in [7, 11) is 1.59. The first-order valence-electron chi connectivity index (χ1n) is 7.09. The van der Waals surface area contributed by atoms with Gasteiger partial charge in [-0.25, -0.2) is 4.79 Å². The molecule has 4 nitrogen and oxygen atoms in total. The molecule has 23 heavy (non-hydrogen) atoms. The molecule has 0 N–H and O–H groups in total.